The molecule has 2 atom stereocenters. The first-order chi connectivity index (χ1) is 15.2. The number of ether oxygens (including phenoxy) is 1. The molecule has 3 aromatic rings. The summed E-state index contributed by atoms with van der Waals surface area (Å²) in [4.78, 5) is 16.3. The molecule has 3 heterocycles. The Morgan fingerprint density at radius 3 is 2.72 bits per heavy atom. The lowest BCUT2D eigenvalue weighted by molar-refractivity contribution is 0.0985. The summed E-state index contributed by atoms with van der Waals surface area (Å²) in [5.41, 5.74) is 1.73. The Kier molecular flexibility index (Phi) is 4.86. The van der Waals surface area contributed by atoms with Crippen LogP contribution in [0.1, 0.15) is 25.5 Å². The number of benzene rings is 1. The molecular formula is C21H26FN7O2S. The van der Waals surface area contributed by atoms with Gasteiger partial charge >= 0.3 is 0 Å². The molecule has 0 radical (unpaired) electrons. The second-order valence-electron chi connectivity index (χ2n) is 8.52. The number of halogens is 1. The molecule has 2 fully saturated rings. The molecule has 0 spiro atoms. The lowest BCUT2D eigenvalue weighted by atomic mass is 10.2. The zero-order valence-electron chi connectivity index (χ0n) is 18.3. The van der Waals surface area contributed by atoms with Crippen molar-refractivity contribution < 1.29 is 13.3 Å². The maximum absolute atomic E-state index is 13.8. The van der Waals surface area contributed by atoms with Gasteiger partial charge in [0.25, 0.3) is 0 Å². The number of fused-ring (bicyclic) bond motifs is 1. The van der Waals surface area contributed by atoms with E-state index in [1.807, 2.05) is 6.07 Å². The van der Waals surface area contributed by atoms with Crippen LogP contribution in [-0.2, 0) is 19.2 Å². The summed E-state index contributed by atoms with van der Waals surface area (Å²) in [6, 6.07) is 6.36. The van der Waals surface area contributed by atoms with Crippen molar-refractivity contribution >= 4 is 32.5 Å². The van der Waals surface area contributed by atoms with Crippen molar-refractivity contribution in [1.29, 1.82) is 4.78 Å². The number of hydrogen-bond acceptors (Lipinski definition) is 8. The summed E-state index contributed by atoms with van der Waals surface area (Å²) < 4.78 is 41.6. The van der Waals surface area contributed by atoms with E-state index >= 15 is 0 Å². The Bertz CT molecular complexity index is 1300. The number of aromatic nitrogens is 4. The van der Waals surface area contributed by atoms with Gasteiger partial charge in [-0.2, -0.15) is 4.98 Å². The minimum Gasteiger partial charge on any atom is -0.377 e. The van der Waals surface area contributed by atoms with Crippen molar-refractivity contribution in [2.75, 3.05) is 43.3 Å². The van der Waals surface area contributed by atoms with Crippen LogP contribution in [0.5, 0.6) is 0 Å². The maximum atomic E-state index is 13.8. The van der Waals surface area contributed by atoms with Crippen LogP contribution >= 0.6 is 0 Å². The Morgan fingerprint density at radius 1 is 1.28 bits per heavy atom. The molecule has 32 heavy (non-hydrogen) atoms. The smallest absolute Gasteiger partial charge is 0.239 e. The van der Waals surface area contributed by atoms with Crippen LogP contribution in [-0.4, -0.2) is 62.8 Å². The van der Waals surface area contributed by atoms with E-state index < -0.39 is 14.5 Å². The molecule has 1 aromatic carbocycles. The van der Waals surface area contributed by atoms with Crippen molar-refractivity contribution in [3.63, 3.8) is 0 Å². The van der Waals surface area contributed by atoms with E-state index in [1.165, 1.54) is 18.4 Å². The number of imidazole rings is 1. The van der Waals surface area contributed by atoms with Crippen molar-refractivity contribution in [3.05, 3.63) is 35.8 Å². The normalized spacial score (nSPS) is 22.0. The molecule has 170 valence electrons. The van der Waals surface area contributed by atoms with Gasteiger partial charge in [-0.1, -0.05) is 0 Å². The predicted molar refractivity (Wildman–Crippen MR) is 121 cm³/mol. The molecule has 1 aliphatic heterocycles. The molecule has 11 heteroatoms. The van der Waals surface area contributed by atoms with Gasteiger partial charge in [-0.3, -0.25) is 4.78 Å². The molecule has 2 aromatic heterocycles. The number of nitrogens with zero attached hydrogens (tertiary/aromatic N) is 5. The van der Waals surface area contributed by atoms with Gasteiger partial charge in [0, 0.05) is 32.0 Å². The number of nitrogens with one attached hydrogen (secondary N) is 2. The molecule has 1 saturated heterocycles. The van der Waals surface area contributed by atoms with E-state index in [1.54, 1.807) is 17.7 Å². The third-order valence-electron chi connectivity index (χ3n) is 6.32. The molecule has 2 aliphatic rings. The van der Waals surface area contributed by atoms with Crippen LogP contribution in [0.25, 0.3) is 17.0 Å². The average Bonchev–Trinajstić information content (AvgIpc) is 3.50. The van der Waals surface area contributed by atoms with Gasteiger partial charge < -0.3 is 15.0 Å². The largest absolute Gasteiger partial charge is 0.377 e. The zero-order valence-corrected chi connectivity index (χ0v) is 19.1. The van der Waals surface area contributed by atoms with Crippen molar-refractivity contribution in [2.45, 2.75) is 30.6 Å². The minimum atomic E-state index is -2.88. The summed E-state index contributed by atoms with van der Waals surface area (Å²) in [5, 5.41) is 3.04. The Hall–Kier alpha value is -2.79. The predicted octanol–water partition coefficient (Wildman–Crippen LogP) is 2.89. The highest BCUT2D eigenvalue weighted by Crippen LogP contribution is 2.52. The van der Waals surface area contributed by atoms with Gasteiger partial charge in [-0.15, -0.1) is 0 Å². The van der Waals surface area contributed by atoms with Crippen LogP contribution in [0.2, 0.25) is 0 Å². The standard InChI is InChI=1S/C21H26FN7O2S/c1-13-12-31-9-8-28(13)18-11-17(21(6-7-21)32(3,23)30)26-20(27-18)29-16-5-4-14(22)10-15(16)25-19(29)24-2/h4-5,10-11,13,23H,6-9,12H2,1-3H3,(H,24,25)/t13-,32-/m1/s1. The topological polar surface area (TPSA) is 109 Å². The number of anilines is 2. The van der Waals surface area contributed by atoms with E-state index in [0.29, 0.717) is 67.0 Å². The van der Waals surface area contributed by atoms with Gasteiger partial charge in [-0.05, 0) is 31.9 Å². The zero-order chi connectivity index (χ0) is 22.7. The third kappa shape index (κ3) is 3.30. The quantitative estimate of drug-likeness (QED) is 0.604. The van der Waals surface area contributed by atoms with Gasteiger partial charge in [0.1, 0.15) is 11.6 Å². The maximum Gasteiger partial charge on any atom is 0.239 e. The highest BCUT2D eigenvalue weighted by atomic mass is 32.2. The molecule has 0 amide bonds. The molecule has 9 nitrogen and oxygen atoms in total. The van der Waals surface area contributed by atoms with Gasteiger partial charge in [0.05, 0.1) is 50.5 Å². The highest BCUT2D eigenvalue weighted by Gasteiger charge is 2.53. The fourth-order valence-electron chi connectivity index (χ4n) is 4.35. The summed E-state index contributed by atoms with van der Waals surface area (Å²) in [7, 11) is -1.15. The number of rotatable bonds is 5. The van der Waals surface area contributed by atoms with Gasteiger partial charge in [-0.25, -0.2) is 23.1 Å². The molecule has 5 rings (SSSR count). The molecule has 1 saturated carbocycles. The third-order valence-corrected chi connectivity index (χ3v) is 8.43. The number of morpholine rings is 1. The molecule has 0 bridgehead atoms. The fourth-order valence-corrected chi connectivity index (χ4v) is 5.74. The van der Waals surface area contributed by atoms with Crippen LogP contribution in [0.15, 0.2) is 24.3 Å². The molecule has 0 unspecified atom stereocenters. The van der Waals surface area contributed by atoms with E-state index in [-0.39, 0.29) is 11.9 Å². The lowest BCUT2D eigenvalue weighted by Crippen LogP contribution is -2.44. The molecule has 2 N–H and O–H groups in total. The Morgan fingerprint density at radius 2 is 2.06 bits per heavy atom. The van der Waals surface area contributed by atoms with Crippen molar-refractivity contribution in [1.82, 2.24) is 19.5 Å². The molecular weight excluding hydrogens is 433 g/mol. The first kappa shape index (κ1) is 21.1. The molecule has 1 aliphatic carbocycles. The van der Waals surface area contributed by atoms with E-state index in [4.69, 9.17) is 19.5 Å². The van der Waals surface area contributed by atoms with E-state index in [9.17, 15) is 8.60 Å². The number of hydrogen-bond donors (Lipinski definition) is 2. The summed E-state index contributed by atoms with van der Waals surface area (Å²) >= 11 is 0. The highest BCUT2D eigenvalue weighted by molar-refractivity contribution is 7.92. The van der Waals surface area contributed by atoms with Gasteiger partial charge in [0.2, 0.25) is 11.9 Å². The summed E-state index contributed by atoms with van der Waals surface area (Å²) in [6.45, 7) is 3.90. The van der Waals surface area contributed by atoms with Crippen molar-refractivity contribution in [2.24, 2.45) is 0 Å². The van der Waals surface area contributed by atoms with Crippen LogP contribution in [0.3, 0.4) is 0 Å². The fraction of sp³-hybridized carbons (Fsp3) is 0.476. The minimum absolute atomic E-state index is 0.105. The Balaban J connectivity index is 1.75. The average molecular weight is 460 g/mol. The first-order valence-corrected chi connectivity index (χ1v) is 12.5. The second-order valence-corrected chi connectivity index (χ2v) is 11.0. The lowest BCUT2D eigenvalue weighted by Gasteiger charge is -2.34. The van der Waals surface area contributed by atoms with E-state index in [2.05, 4.69) is 22.1 Å². The van der Waals surface area contributed by atoms with Crippen LogP contribution in [0, 0.1) is 10.6 Å². The van der Waals surface area contributed by atoms with Crippen LogP contribution < -0.4 is 10.2 Å². The first-order valence-electron chi connectivity index (χ1n) is 10.6. The summed E-state index contributed by atoms with van der Waals surface area (Å²) in [6.07, 6.45) is 2.78. The summed E-state index contributed by atoms with van der Waals surface area (Å²) in [5.74, 6) is 1.14. The Labute approximate surface area is 186 Å². The second kappa shape index (κ2) is 7.38. The van der Waals surface area contributed by atoms with Gasteiger partial charge in [0.15, 0.2) is 0 Å². The van der Waals surface area contributed by atoms with E-state index in [0.717, 1.165) is 0 Å². The monoisotopic (exact) mass is 459 g/mol. The SMILES string of the molecule is CNc1nc2cc(F)ccc2n1-c1nc(N2CCOC[C@H]2C)cc(C2([S@](C)(=N)=O)CC2)n1. The van der Waals surface area contributed by atoms with Crippen molar-refractivity contribution in [3.8, 4) is 5.95 Å². The van der Waals surface area contributed by atoms with Crippen LogP contribution in [0.4, 0.5) is 16.2 Å².